The summed E-state index contributed by atoms with van der Waals surface area (Å²) < 4.78 is 0. The Morgan fingerprint density at radius 3 is 2.56 bits per heavy atom. The summed E-state index contributed by atoms with van der Waals surface area (Å²) in [6.07, 6.45) is -0.288. The van der Waals surface area contributed by atoms with Crippen molar-refractivity contribution in [2.75, 3.05) is 18.0 Å². The van der Waals surface area contributed by atoms with Crippen molar-refractivity contribution in [3.63, 3.8) is 0 Å². The van der Waals surface area contributed by atoms with E-state index in [1.54, 1.807) is 18.2 Å². The number of nitrogens with zero attached hydrogens (tertiary/aromatic N) is 1. The Morgan fingerprint density at radius 1 is 1.19 bits per heavy atom. The summed E-state index contributed by atoms with van der Waals surface area (Å²) in [7, 11) is 0. The molecule has 1 fully saturated rings. The van der Waals surface area contributed by atoms with Crippen LogP contribution in [0.3, 0.4) is 0 Å². The van der Waals surface area contributed by atoms with E-state index in [9.17, 15) is 14.7 Å². The number of hydrogen-bond donors (Lipinski definition) is 2. The SMILES string of the molecule is O=C1NC(=O)c2cc(N3CC(O)C3)ccc21. The minimum Gasteiger partial charge on any atom is -0.389 e. The normalized spacial score (nSPS) is 19.4. The maximum absolute atomic E-state index is 11.4. The smallest absolute Gasteiger partial charge is 0.259 e. The lowest BCUT2D eigenvalue weighted by atomic mass is 10.1. The van der Waals surface area contributed by atoms with E-state index in [-0.39, 0.29) is 17.9 Å². The van der Waals surface area contributed by atoms with E-state index in [0.29, 0.717) is 24.2 Å². The number of carbonyl (C=O) groups excluding carboxylic acids is 2. The predicted molar refractivity (Wildman–Crippen MR) is 56.5 cm³/mol. The van der Waals surface area contributed by atoms with Gasteiger partial charge in [0, 0.05) is 18.8 Å². The van der Waals surface area contributed by atoms with Crippen LogP contribution >= 0.6 is 0 Å². The average Bonchev–Trinajstić information content (AvgIpc) is 2.50. The first-order valence-corrected chi connectivity index (χ1v) is 5.08. The van der Waals surface area contributed by atoms with Crippen molar-refractivity contribution in [1.82, 2.24) is 5.32 Å². The third-order valence-electron chi connectivity index (χ3n) is 2.95. The van der Waals surface area contributed by atoms with Crippen molar-refractivity contribution >= 4 is 17.5 Å². The second-order valence-electron chi connectivity index (χ2n) is 4.07. The van der Waals surface area contributed by atoms with Gasteiger partial charge in [-0.2, -0.15) is 0 Å². The highest BCUT2D eigenvalue weighted by Gasteiger charge is 2.30. The van der Waals surface area contributed by atoms with E-state index in [0.717, 1.165) is 5.69 Å². The second-order valence-corrected chi connectivity index (χ2v) is 4.07. The molecule has 82 valence electrons. The Hall–Kier alpha value is -1.88. The molecule has 0 radical (unpaired) electrons. The number of nitrogens with one attached hydrogen (secondary N) is 1. The fourth-order valence-corrected chi connectivity index (χ4v) is 2.02. The number of rotatable bonds is 1. The van der Waals surface area contributed by atoms with Crippen LogP contribution < -0.4 is 10.2 Å². The number of imide groups is 1. The van der Waals surface area contributed by atoms with E-state index in [4.69, 9.17) is 0 Å². The Morgan fingerprint density at radius 2 is 1.88 bits per heavy atom. The van der Waals surface area contributed by atoms with Crippen LogP contribution in [0.2, 0.25) is 0 Å². The number of amides is 2. The summed E-state index contributed by atoms with van der Waals surface area (Å²) in [6, 6.07) is 5.14. The molecule has 0 aliphatic carbocycles. The van der Waals surface area contributed by atoms with Crippen molar-refractivity contribution in [3.8, 4) is 0 Å². The standard InChI is InChI=1S/C11H10N2O3/c14-7-4-13(5-7)6-1-2-8-9(3-6)11(16)12-10(8)15/h1-3,7,14H,4-5H2,(H,12,15,16). The number of aliphatic hydroxyl groups excluding tert-OH is 1. The van der Waals surface area contributed by atoms with Crippen LogP contribution in [-0.4, -0.2) is 36.1 Å². The van der Waals surface area contributed by atoms with Gasteiger partial charge >= 0.3 is 0 Å². The molecule has 2 N–H and O–H groups in total. The third kappa shape index (κ3) is 1.22. The lowest BCUT2D eigenvalue weighted by Gasteiger charge is -2.38. The molecule has 16 heavy (non-hydrogen) atoms. The van der Waals surface area contributed by atoms with Crippen LogP contribution in [0.5, 0.6) is 0 Å². The van der Waals surface area contributed by atoms with Crippen LogP contribution in [0.4, 0.5) is 5.69 Å². The van der Waals surface area contributed by atoms with Crippen molar-refractivity contribution in [2.45, 2.75) is 6.10 Å². The first-order chi connectivity index (χ1) is 7.65. The zero-order valence-corrected chi connectivity index (χ0v) is 8.43. The number of hydrogen-bond acceptors (Lipinski definition) is 4. The van der Waals surface area contributed by atoms with Crippen LogP contribution in [0, 0.1) is 0 Å². The lowest BCUT2D eigenvalue weighted by Crippen LogP contribution is -2.50. The molecule has 5 nitrogen and oxygen atoms in total. The van der Waals surface area contributed by atoms with Gasteiger partial charge in [-0.25, -0.2) is 0 Å². The van der Waals surface area contributed by atoms with Gasteiger partial charge in [0.2, 0.25) is 0 Å². The summed E-state index contributed by atoms with van der Waals surface area (Å²) in [6.45, 7) is 1.16. The molecule has 1 aromatic rings. The van der Waals surface area contributed by atoms with Crippen LogP contribution in [0.15, 0.2) is 18.2 Å². The van der Waals surface area contributed by atoms with Crippen LogP contribution in [0.1, 0.15) is 20.7 Å². The molecule has 0 spiro atoms. The van der Waals surface area contributed by atoms with Gasteiger partial charge in [-0.05, 0) is 18.2 Å². The fourth-order valence-electron chi connectivity index (χ4n) is 2.02. The van der Waals surface area contributed by atoms with E-state index in [2.05, 4.69) is 5.32 Å². The van der Waals surface area contributed by atoms with Gasteiger partial charge < -0.3 is 10.0 Å². The van der Waals surface area contributed by atoms with Crippen molar-refractivity contribution in [3.05, 3.63) is 29.3 Å². The first kappa shape index (κ1) is 9.35. The molecule has 0 unspecified atom stereocenters. The van der Waals surface area contributed by atoms with E-state index in [1.807, 2.05) is 4.90 Å². The molecule has 0 atom stereocenters. The largest absolute Gasteiger partial charge is 0.389 e. The molecule has 2 amide bonds. The second kappa shape index (κ2) is 3.05. The highest BCUT2D eigenvalue weighted by atomic mass is 16.3. The molecule has 0 aromatic heterocycles. The fraction of sp³-hybridized carbons (Fsp3) is 0.273. The topological polar surface area (TPSA) is 69.6 Å². The number of carbonyl (C=O) groups is 2. The molecule has 3 rings (SSSR count). The Balaban J connectivity index is 1.97. The summed E-state index contributed by atoms with van der Waals surface area (Å²) in [5, 5.41) is 11.4. The number of fused-ring (bicyclic) bond motifs is 1. The maximum Gasteiger partial charge on any atom is 0.259 e. The monoisotopic (exact) mass is 218 g/mol. The zero-order chi connectivity index (χ0) is 11.3. The van der Waals surface area contributed by atoms with Gasteiger partial charge in [0.25, 0.3) is 11.8 Å². The summed E-state index contributed by atoms with van der Waals surface area (Å²) in [4.78, 5) is 24.7. The molecule has 1 saturated heterocycles. The van der Waals surface area contributed by atoms with Crippen molar-refractivity contribution < 1.29 is 14.7 Å². The van der Waals surface area contributed by atoms with E-state index in [1.165, 1.54) is 0 Å². The zero-order valence-electron chi connectivity index (χ0n) is 8.43. The quantitative estimate of drug-likeness (QED) is 0.638. The molecule has 5 heteroatoms. The van der Waals surface area contributed by atoms with E-state index >= 15 is 0 Å². The lowest BCUT2D eigenvalue weighted by molar-refractivity contribution is 0.0879. The number of aliphatic hydroxyl groups is 1. The average molecular weight is 218 g/mol. The molecule has 1 aromatic carbocycles. The number of benzene rings is 1. The van der Waals surface area contributed by atoms with Gasteiger partial charge in [0.1, 0.15) is 0 Å². The molecule has 2 aliphatic heterocycles. The molecule has 0 saturated carbocycles. The Kier molecular flexibility index (Phi) is 1.79. The van der Waals surface area contributed by atoms with Crippen LogP contribution in [0.25, 0.3) is 0 Å². The van der Waals surface area contributed by atoms with Gasteiger partial charge in [0.05, 0.1) is 17.2 Å². The van der Waals surface area contributed by atoms with Gasteiger partial charge in [0.15, 0.2) is 0 Å². The molecule has 2 heterocycles. The third-order valence-corrected chi connectivity index (χ3v) is 2.95. The highest BCUT2D eigenvalue weighted by Crippen LogP contribution is 2.26. The predicted octanol–water partition coefficient (Wildman–Crippen LogP) is -0.249. The van der Waals surface area contributed by atoms with Crippen LogP contribution in [-0.2, 0) is 0 Å². The minimum absolute atomic E-state index is 0.288. The van der Waals surface area contributed by atoms with Crippen molar-refractivity contribution in [2.24, 2.45) is 0 Å². The molecule has 2 aliphatic rings. The summed E-state index contributed by atoms with van der Waals surface area (Å²) in [5.74, 6) is -0.682. The molecule has 0 bridgehead atoms. The molecular weight excluding hydrogens is 208 g/mol. The Labute approximate surface area is 91.7 Å². The Bertz CT molecular complexity index is 492. The summed E-state index contributed by atoms with van der Waals surface area (Å²) >= 11 is 0. The first-order valence-electron chi connectivity index (χ1n) is 5.08. The highest BCUT2D eigenvalue weighted by molar-refractivity contribution is 6.21. The van der Waals surface area contributed by atoms with E-state index < -0.39 is 0 Å². The molecular formula is C11H10N2O3. The van der Waals surface area contributed by atoms with Crippen molar-refractivity contribution in [1.29, 1.82) is 0 Å². The summed E-state index contributed by atoms with van der Waals surface area (Å²) in [5.41, 5.74) is 1.72. The van der Waals surface area contributed by atoms with Gasteiger partial charge in [-0.15, -0.1) is 0 Å². The minimum atomic E-state index is -0.345. The number of anilines is 1. The maximum atomic E-state index is 11.4. The number of β-amino-alcohol motifs (C(OH)–C–C–N with tert-alkyl or cyclic N) is 1. The van der Waals surface area contributed by atoms with Gasteiger partial charge in [-0.1, -0.05) is 0 Å². The van der Waals surface area contributed by atoms with Gasteiger partial charge in [-0.3, -0.25) is 14.9 Å².